The van der Waals surface area contributed by atoms with Crippen molar-refractivity contribution < 1.29 is 9.53 Å². The first-order valence-electron chi connectivity index (χ1n) is 11.1. The van der Waals surface area contributed by atoms with Crippen molar-refractivity contribution in [2.75, 3.05) is 16.6 Å². The zero-order valence-electron chi connectivity index (χ0n) is 18.8. The third-order valence-corrected chi connectivity index (χ3v) is 7.18. The van der Waals surface area contributed by atoms with Crippen LogP contribution in [0.5, 0.6) is 0 Å². The highest BCUT2D eigenvalue weighted by Crippen LogP contribution is 2.55. The van der Waals surface area contributed by atoms with Gasteiger partial charge in [-0.1, -0.05) is 67.1 Å². The molecule has 8 heteroatoms. The zero-order chi connectivity index (χ0) is 23.7. The number of carbonyl (C=O) groups excluding carboxylic acids is 1. The second-order valence-electron chi connectivity index (χ2n) is 7.72. The fraction of sp³-hybridized carbons (Fsp3) is 0.192. The van der Waals surface area contributed by atoms with Crippen LogP contribution >= 0.6 is 23.4 Å². The van der Waals surface area contributed by atoms with Crippen LogP contribution in [0.15, 0.2) is 89.1 Å². The quantitative estimate of drug-likeness (QED) is 0.398. The van der Waals surface area contributed by atoms with Crippen LogP contribution in [-0.4, -0.2) is 23.3 Å². The lowest BCUT2D eigenvalue weighted by Gasteiger charge is -2.47. The molecule has 0 bridgehead atoms. The normalized spacial score (nSPS) is 19.0. The Labute approximate surface area is 207 Å². The molecule has 0 N–H and O–H groups in total. The zero-order valence-corrected chi connectivity index (χ0v) is 20.4. The van der Waals surface area contributed by atoms with Crippen molar-refractivity contribution >= 4 is 51.5 Å². The van der Waals surface area contributed by atoms with Gasteiger partial charge < -0.3 is 4.74 Å². The number of thioether (sulfide) groups is 1. The van der Waals surface area contributed by atoms with Gasteiger partial charge in [-0.25, -0.2) is 14.8 Å². The summed E-state index contributed by atoms with van der Waals surface area (Å²) < 4.78 is 5.34. The number of carbonyl (C=O) groups is 1. The van der Waals surface area contributed by atoms with Gasteiger partial charge in [0.1, 0.15) is 0 Å². The number of hydrogen-bond donors (Lipinski definition) is 0. The van der Waals surface area contributed by atoms with E-state index in [4.69, 9.17) is 26.5 Å². The average molecular weight is 491 g/mol. The van der Waals surface area contributed by atoms with E-state index in [1.165, 1.54) is 11.8 Å². The summed E-state index contributed by atoms with van der Waals surface area (Å²) in [7, 11) is 0. The first kappa shape index (κ1) is 22.5. The molecule has 1 spiro atoms. The van der Waals surface area contributed by atoms with Gasteiger partial charge in [-0.15, -0.1) is 0 Å². The number of para-hydroxylation sites is 1. The summed E-state index contributed by atoms with van der Waals surface area (Å²) in [5.74, 6) is -0.466. The number of anilines is 2. The molecule has 3 aromatic rings. The van der Waals surface area contributed by atoms with E-state index in [1.807, 2.05) is 76.7 Å². The topological polar surface area (TPSA) is 57.5 Å². The molecular weight excluding hydrogens is 468 g/mol. The van der Waals surface area contributed by atoms with Gasteiger partial charge in [-0.3, -0.25) is 0 Å². The maximum Gasteiger partial charge on any atom is 0.365 e. The fourth-order valence-electron chi connectivity index (χ4n) is 4.21. The predicted molar refractivity (Wildman–Crippen MR) is 139 cm³/mol. The Morgan fingerprint density at radius 2 is 1.65 bits per heavy atom. The summed E-state index contributed by atoms with van der Waals surface area (Å²) >= 11 is 7.71. The van der Waals surface area contributed by atoms with Gasteiger partial charge >= 0.3 is 5.97 Å². The van der Waals surface area contributed by atoms with E-state index in [2.05, 4.69) is 19.1 Å². The fourth-order valence-corrected chi connectivity index (χ4v) is 5.69. The molecule has 0 saturated heterocycles. The molecule has 0 saturated carbocycles. The van der Waals surface area contributed by atoms with Gasteiger partial charge in [0.05, 0.1) is 23.7 Å². The molecule has 0 fully saturated rings. The lowest BCUT2D eigenvalue weighted by molar-refractivity contribution is -0.134. The van der Waals surface area contributed by atoms with E-state index in [9.17, 15) is 4.79 Å². The summed E-state index contributed by atoms with van der Waals surface area (Å²) in [6, 6.07) is 25.5. The number of halogens is 1. The number of fused-ring (bicyclic) bond motifs is 2. The van der Waals surface area contributed by atoms with Crippen molar-refractivity contribution in [3.05, 3.63) is 95.0 Å². The predicted octanol–water partition coefficient (Wildman–Crippen LogP) is 6.21. The smallest absolute Gasteiger partial charge is 0.365 e. The van der Waals surface area contributed by atoms with Gasteiger partial charge in [-0.2, -0.15) is 10.2 Å². The maximum absolute atomic E-state index is 12.9. The lowest BCUT2D eigenvalue weighted by atomic mass is 9.96. The minimum Gasteiger partial charge on any atom is -0.461 e. The van der Waals surface area contributed by atoms with Crippen molar-refractivity contribution in [1.82, 2.24) is 0 Å². The van der Waals surface area contributed by atoms with Crippen LogP contribution < -0.4 is 10.0 Å². The van der Waals surface area contributed by atoms with Crippen LogP contribution in [0.4, 0.5) is 11.4 Å². The molecule has 0 radical (unpaired) electrons. The van der Waals surface area contributed by atoms with Crippen molar-refractivity contribution in [1.29, 1.82) is 0 Å². The molecule has 3 aromatic carbocycles. The molecule has 6 nitrogen and oxygen atoms in total. The molecule has 2 aliphatic rings. The Morgan fingerprint density at radius 1 is 0.941 bits per heavy atom. The third-order valence-electron chi connectivity index (χ3n) is 5.65. The Bertz CT molecular complexity index is 1300. The van der Waals surface area contributed by atoms with Crippen LogP contribution in [0.25, 0.3) is 0 Å². The summed E-state index contributed by atoms with van der Waals surface area (Å²) in [6.45, 7) is 4.14. The van der Waals surface area contributed by atoms with Gasteiger partial charge in [0.25, 0.3) is 0 Å². The maximum atomic E-state index is 12.9. The first-order valence-corrected chi connectivity index (χ1v) is 12.3. The number of ether oxygens (including phenoxy) is 1. The molecule has 2 heterocycles. The van der Waals surface area contributed by atoms with Crippen LogP contribution in [0.3, 0.4) is 0 Å². The summed E-state index contributed by atoms with van der Waals surface area (Å²) in [4.78, 5) is 11.9. The molecule has 34 heavy (non-hydrogen) atoms. The second-order valence-corrected chi connectivity index (χ2v) is 9.32. The number of esters is 1. The third kappa shape index (κ3) is 3.65. The van der Waals surface area contributed by atoms with Gasteiger partial charge in [-0.05, 0) is 55.4 Å². The van der Waals surface area contributed by atoms with E-state index in [0.717, 1.165) is 34.6 Å². The SMILES string of the molecule is CCOC(=O)C1=NN(c2cccc(Cl)c2)[C@]2(S1)c1ccccc1C(CC)=NN2c1ccccc1. The highest BCUT2D eigenvalue weighted by atomic mass is 35.5. The van der Waals surface area contributed by atoms with Crippen molar-refractivity contribution in [2.45, 2.75) is 25.3 Å². The van der Waals surface area contributed by atoms with E-state index in [0.29, 0.717) is 5.02 Å². The van der Waals surface area contributed by atoms with Crippen LogP contribution in [0, 0.1) is 0 Å². The van der Waals surface area contributed by atoms with Crippen molar-refractivity contribution in [2.24, 2.45) is 10.2 Å². The number of hydrogen-bond acceptors (Lipinski definition) is 7. The minimum atomic E-state index is -0.997. The number of hydrazone groups is 2. The molecule has 172 valence electrons. The Morgan fingerprint density at radius 3 is 2.38 bits per heavy atom. The molecule has 5 rings (SSSR count). The van der Waals surface area contributed by atoms with Gasteiger partial charge in [0.2, 0.25) is 10.0 Å². The van der Waals surface area contributed by atoms with Crippen LogP contribution in [0.2, 0.25) is 5.02 Å². The van der Waals surface area contributed by atoms with E-state index in [-0.39, 0.29) is 11.7 Å². The molecule has 0 unspecified atom stereocenters. The monoisotopic (exact) mass is 490 g/mol. The second kappa shape index (κ2) is 9.16. The number of benzene rings is 3. The molecule has 1 atom stereocenters. The van der Waals surface area contributed by atoms with Crippen molar-refractivity contribution in [3.63, 3.8) is 0 Å². The average Bonchev–Trinajstić information content (AvgIpc) is 3.26. The summed E-state index contributed by atoms with van der Waals surface area (Å²) in [6.07, 6.45) is 0.754. The molecule has 0 aliphatic carbocycles. The molecular formula is C26H23ClN4O2S. The lowest BCUT2D eigenvalue weighted by Crippen LogP contribution is -2.54. The van der Waals surface area contributed by atoms with Crippen LogP contribution in [0.1, 0.15) is 31.4 Å². The van der Waals surface area contributed by atoms with Gasteiger partial charge in [0, 0.05) is 16.1 Å². The standard InChI is InChI=1S/C26H23ClN4O2S/c1-3-23-21-15-8-9-16-22(21)26(30(28-23)19-12-6-5-7-13-19)31(20-14-10-11-18(27)17-20)29-24(34-26)25(32)33-4-2/h5-17H,3-4H2,1-2H3/t26-/m0/s1. The van der Waals surface area contributed by atoms with Gasteiger partial charge in [0.15, 0.2) is 0 Å². The van der Waals surface area contributed by atoms with E-state index < -0.39 is 11.0 Å². The highest BCUT2D eigenvalue weighted by Gasteiger charge is 2.56. The Kier molecular flexibility index (Phi) is 6.06. The summed E-state index contributed by atoms with van der Waals surface area (Å²) in [5.41, 5.74) is 4.59. The Hall–Kier alpha value is -3.29. The first-order chi connectivity index (χ1) is 16.6. The number of rotatable bonds is 5. The highest BCUT2D eigenvalue weighted by molar-refractivity contribution is 8.16. The molecule has 2 aliphatic heterocycles. The number of nitrogens with zero attached hydrogens (tertiary/aromatic N) is 4. The molecule has 0 amide bonds. The largest absolute Gasteiger partial charge is 0.461 e. The Balaban J connectivity index is 1.80. The summed E-state index contributed by atoms with van der Waals surface area (Å²) in [5, 5.41) is 14.5. The van der Waals surface area contributed by atoms with E-state index in [1.54, 1.807) is 6.92 Å². The van der Waals surface area contributed by atoms with Crippen molar-refractivity contribution in [3.8, 4) is 0 Å². The molecule has 0 aromatic heterocycles. The van der Waals surface area contributed by atoms with E-state index >= 15 is 0 Å². The minimum absolute atomic E-state index is 0.257. The van der Waals surface area contributed by atoms with Crippen LogP contribution in [-0.2, 0) is 14.5 Å².